The van der Waals surface area contributed by atoms with Gasteiger partial charge in [-0.1, -0.05) is 50.3 Å². The van der Waals surface area contributed by atoms with E-state index in [0.29, 0.717) is 17.2 Å². The van der Waals surface area contributed by atoms with E-state index < -0.39 is 11.9 Å². The summed E-state index contributed by atoms with van der Waals surface area (Å²) in [4.78, 5) is 24.0. The Balaban J connectivity index is 1.85. The van der Waals surface area contributed by atoms with Crippen molar-refractivity contribution in [2.45, 2.75) is 26.7 Å². The summed E-state index contributed by atoms with van der Waals surface area (Å²) in [5.74, 6) is 0.151. The molecule has 1 N–H and O–H groups in total. The van der Waals surface area contributed by atoms with Gasteiger partial charge in [0.15, 0.2) is 24.7 Å². The highest BCUT2D eigenvalue weighted by atomic mass is 16.6. The van der Waals surface area contributed by atoms with Crippen LogP contribution in [0.25, 0.3) is 6.08 Å². The maximum atomic E-state index is 12.1. The van der Waals surface area contributed by atoms with Gasteiger partial charge in [-0.25, -0.2) is 4.79 Å². The SMILES string of the molecule is C/C=C/c1ccc(OCC(=O)OCC(=O)Nc2ccccc2C(C)C)c(OC)c1. The number of nitrogens with one attached hydrogen (secondary N) is 1. The van der Waals surface area contributed by atoms with E-state index in [9.17, 15) is 9.59 Å². The topological polar surface area (TPSA) is 73.9 Å². The molecule has 2 aromatic carbocycles. The molecule has 0 radical (unpaired) electrons. The monoisotopic (exact) mass is 397 g/mol. The van der Waals surface area contributed by atoms with Crippen LogP contribution in [0.4, 0.5) is 5.69 Å². The molecule has 29 heavy (non-hydrogen) atoms. The van der Waals surface area contributed by atoms with E-state index in [1.807, 2.05) is 63.3 Å². The van der Waals surface area contributed by atoms with E-state index in [0.717, 1.165) is 11.1 Å². The number of anilines is 1. The molecule has 1 amide bonds. The van der Waals surface area contributed by atoms with Crippen LogP contribution < -0.4 is 14.8 Å². The summed E-state index contributed by atoms with van der Waals surface area (Å²) in [7, 11) is 1.53. The molecule has 2 rings (SSSR count). The number of hydrogen-bond acceptors (Lipinski definition) is 5. The molecule has 0 saturated heterocycles. The molecule has 0 saturated carbocycles. The van der Waals surface area contributed by atoms with Gasteiger partial charge >= 0.3 is 5.97 Å². The lowest BCUT2D eigenvalue weighted by Gasteiger charge is -2.14. The maximum Gasteiger partial charge on any atom is 0.344 e. The lowest BCUT2D eigenvalue weighted by molar-refractivity contribution is -0.149. The van der Waals surface area contributed by atoms with Crippen LogP contribution in [0.5, 0.6) is 11.5 Å². The number of allylic oxidation sites excluding steroid dienone is 1. The summed E-state index contributed by atoms with van der Waals surface area (Å²) in [5, 5.41) is 2.77. The van der Waals surface area contributed by atoms with Crippen molar-refractivity contribution in [3.05, 3.63) is 59.7 Å². The molecule has 0 aromatic heterocycles. The summed E-state index contributed by atoms with van der Waals surface area (Å²) in [5.41, 5.74) is 2.69. The molecule has 2 aromatic rings. The maximum absolute atomic E-state index is 12.1. The molecule has 6 nitrogen and oxygen atoms in total. The Hall–Kier alpha value is -3.28. The molecule has 0 aliphatic rings. The summed E-state index contributed by atoms with van der Waals surface area (Å²) in [6.07, 6.45) is 3.84. The number of carbonyl (C=O) groups is 2. The minimum Gasteiger partial charge on any atom is -0.493 e. The fourth-order valence-electron chi connectivity index (χ4n) is 2.72. The number of hydrogen-bond donors (Lipinski definition) is 1. The quantitative estimate of drug-likeness (QED) is 0.635. The smallest absolute Gasteiger partial charge is 0.344 e. The van der Waals surface area contributed by atoms with Gasteiger partial charge in [0.05, 0.1) is 7.11 Å². The van der Waals surface area contributed by atoms with Gasteiger partial charge < -0.3 is 19.5 Å². The Morgan fingerprint density at radius 3 is 2.52 bits per heavy atom. The van der Waals surface area contributed by atoms with Gasteiger partial charge in [-0.05, 0) is 42.2 Å². The van der Waals surface area contributed by atoms with Gasteiger partial charge in [-0.2, -0.15) is 0 Å². The second-order valence-corrected chi connectivity index (χ2v) is 6.65. The molecule has 0 aliphatic heterocycles. The second kappa shape index (κ2) is 10.9. The first-order valence-corrected chi connectivity index (χ1v) is 9.42. The average Bonchev–Trinajstić information content (AvgIpc) is 2.71. The predicted octanol–water partition coefficient (Wildman–Crippen LogP) is 4.41. The normalized spacial score (nSPS) is 10.8. The average molecular weight is 397 g/mol. The molecule has 0 atom stereocenters. The first-order valence-electron chi connectivity index (χ1n) is 9.42. The second-order valence-electron chi connectivity index (χ2n) is 6.65. The van der Waals surface area contributed by atoms with Gasteiger partial charge in [0.2, 0.25) is 0 Å². The molecule has 0 spiro atoms. The number of esters is 1. The van der Waals surface area contributed by atoms with Crippen molar-refractivity contribution in [3.63, 3.8) is 0 Å². The van der Waals surface area contributed by atoms with Crippen molar-refractivity contribution in [1.29, 1.82) is 0 Å². The van der Waals surface area contributed by atoms with Crippen LogP contribution in [0.15, 0.2) is 48.5 Å². The molecule has 0 heterocycles. The van der Waals surface area contributed by atoms with Gasteiger partial charge in [-0.15, -0.1) is 0 Å². The van der Waals surface area contributed by atoms with Gasteiger partial charge in [0.25, 0.3) is 5.91 Å². The molecular formula is C23H27NO5. The molecular weight excluding hydrogens is 370 g/mol. The minimum atomic E-state index is -0.642. The third kappa shape index (κ3) is 6.68. The van der Waals surface area contributed by atoms with Crippen molar-refractivity contribution in [3.8, 4) is 11.5 Å². The van der Waals surface area contributed by atoms with Gasteiger partial charge in [-0.3, -0.25) is 4.79 Å². The van der Waals surface area contributed by atoms with E-state index in [2.05, 4.69) is 5.32 Å². The van der Waals surface area contributed by atoms with Crippen molar-refractivity contribution in [2.75, 3.05) is 25.6 Å². The standard InChI is InChI=1S/C23H27NO5/c1-5-8-17-11-12-20(21(13-17)27-4)28-15-23(26)29-14-22(25)24-19-10-7-6-9-18(19)16(2)3/h5-13,16H,14-15H2,1-4H3,(H,24,25)/b8-5+. The number of methoxy groups -OCH3 is 1. The van der Waals surface area contributed by atoms with Crippen molar-refractivity contribution >= 4 is 23.6 Å². The predicted molar refractivity (Wildman–Crippen MR) is 113 cm³/mol. The Morgan fingerprint density at radius 2 is 1.83 bits per heavy atom. The van der Waals surface area contributed by atoms with Crippen LogP contribution in [0.2, 0.25) is 0 Å². The van der Waals surface area contributed by atoms with Crippen LogP contribution >= 0.6 is 0 Å². The molecule has 0 bridgehead atoms. The molecule has 154 valence electrons. The number of amides is 1. The van der Waals surface area contributed by atoms with E-state index in [1.54, 1.807) is 12.1 Å². The van der Waals surface area contributed by atoms with E-state index in [-0.39, 0.29) is 19.1 Å². The van der Waals surface area contributed by atoms with Gasteiger partial charge in [0.1, 0.15) is 0 Å². The molecule has 0 unspecified atom stereocenters. The minimum absolute atomic E-state index is 0.261. The fraction of sp³-hybridized carbons (Fsp3) is 0.304. The van der Waals surface area contributed by atoms with Crippen LogP contribution in [-0.4, -0.2) is 32.2 Å². The summed E-state index contributed by atoms with van der Waals surface area (Å²) in [6.45, 7) is 5.30. The van der Waals surface area contributed by atoms with Crippen molar-refractivity contribution in [1.82, 2.24) is 0 Å². The van der Waals surface area contributed by atoms with Crippen LogP contribution in [-0.2, 0) is 14.3 Å². The lowest BCUT2D eigenvalue weighted by Crippen LogP contribution is -2.24. The summed E-state index contributed by atoms with van der Waals surface area (Å²) < 4.78 is 15.8. The Kier molecular flexibility index (Phi) is 8.27. The highest BCUT2D eigenvalue weighted by Crippen LogP contribution is 2.28. The largest absolute Gasteiger partial charge is 0.493 e. The zero-order valence-corrected chi connectivity index (χ0v) is 17.2. The Morgan fingerprint density at radius 1 is 1.07 bits per heavy atom. The summed E-state index contributed by atoms with van der Waals surface area (Å²) in [6, 6.07) is 12.9. The van der Waals surface area contributed by atoms with Crippen LogP contribution in [0.3, 0.4) is 0 Å². The molecule has 6 heteroatoms. The zero-order chi connectivity index (χ0) is 21.2. The van der Waals surface area contributed by atoms with Crippen LogP contribution in [0, 0.1) is 0 Å². The number of rotatable bonds is 9. The highest BCUT2D eigenvalue weighted by molar-refractivity contribution is 5.93. The lowest BCUT2D eigenvalue weighted by atomic mass is 10.0. The van der Waals surface area contributed by atoms with E-state index in [4.69, 9.17) is 14.2 Å². The zero-order valence-electron chi connectivity index (χ0n) is 17.2. The number of carbonyl (C=O) groups excluding carboxylic acids is 2. The third-order valence-corrected chi connectivity index (χ3v) is 4.11. The summed E-state index contributed by atoms with van der Waals surface area (Å²) >= 11 is 0. The van der Waals surface area contributed by atoms with Crippen molar-refractivity contribution in [2.24, 2.45) is 0 Å². The van der Waals surface area contributed by atoms with Crippen LogP contribution in [0.1, 0.15) is 37.8 Å². The fourth-order valence-corrected chi connectivity index (χ4v) is 2.72. The molecule has 0 aliphatic carbocycles. The first-order chi connectivity index (χ1) is 13.9. The van der Waals surface area contributed by atoms with E-state index >= 15 is 0 Å². The Bertz CT molecular complexity index is 873. The Labute approximate surface area is 171 Å². The van der Waals surface area contributed by atoms with Crippen molar-refractivity contribution < 1.29 is 23.8 Å². The number of benzene rings is 2. The first kappa shape index (κ1) is 22.0. The van der Waals surface area contributed by atoms with Gasteiger partial charge in [0, 0.05) is 5.69 Å². The highest BCUT2D eigenvalue weighted by Gasteiger charge is 2.13. The number of para-hydroxylation sites is 1. The van der Waals surface area contributed by atoms with E-state index in [1.165, 1.54) is 7.11 Å². The third-order valence-electron chi connectivity index (χ3n) is 4.11. The number of ether oxygens (including phenoxy) is 3. The molecule has 0 fully saturated rings.